The lowest BCUT2D eigenvalue weighted by atomic mass is 9.77. The van der Waals surface area contributed by atoms with Crippen LogP contribution in [0.4, 0.5) is 14.5 Å². The molecule has 32 heavy (non-hydrogen) atoms. The zero-order chi connectivity index (χ0) is 23.2. The molecule has 0 fully saturated rings. The number of ketones is 1. The van der Waals surface area contributed by atoms with E-state index in [-0.39, 0.29) is 11.2 Å². The maximum atomic E-state index is 14.2. The molecule has 1 unspecified atom stereocenters. The molecule has 168 valence electrons. The number of Topliss-reactive ketones (excluding diaryl/α,β-unsaturated/α-hetero) is 1. The van der Waals surface area contributed by atoms with E-state index in [1.807, 2.05) is 12.1 Å². The second-order valence-electron chi connectivity index (χ2n) is 9.27. The van der Waals surface area contributed by atoms with Gasteiger partial charge in [-0.05, 0) is 49.4 Å². The Morgan fingerprint density at radius 2 is 1.81 bits per heavy atom. The van der Waals surface area contributed by atoms with Gasteiger partial charge in [-0.25, -0.2) is 8.78 Å². The third kappa shape index (κ3) is 4.01. The molecule has 1 atom stereocenters. The van der Waals surface area contributed by atoms with Crippen molar-refractivity contribution in [1.29, 1.82) is 0 Å². The zero-order valence-electron chi connectivity index (χ0n) is 18.6. The average molecular weight is 457 g/mol. The van der Waals surface area contributed by atoms with Gasteiger partial charge < -0.3 is 10.6 Å². The Hall–Kier alpha value is -2.80. The molecule has 1 aliphatic carbocycles. The molecule has 0 bridgehead atoms. The molecule has 2 N–H and O–H groups in total. The van der Waals surface area contributed by atoms with E-state index in [1.54, 1.807) is 18.3 Å². The van der Waals surface area contributed by atoms with Crippen molar-refractivity contribution in [2.24, 2.45) is 0 Å². The molecular formula is C25H26F2N2O2S. The first kappa shape index (κ1) is 22.4. The molecule has 0 saturated heterocycles. The van der Waals surface area contributed by atoms with Gasteiger partial charge in [0.2, 0.25) is 0 Å². The van der Waals surface area contributed by atoms with E-state index in [4.69, 9.17) is 0 Å². The summed E-state index contributed by atoms with van der Waals surface area (Å²) in [5, 5.41) is 5.64. The molecule has 1 aromatic carbocycles. The maximum Gasteiger partial charge on any atom is 0.254 e. The number of rotatable bonds is 3. The number of anilines is 1. The first-order chi connectivity index (χ1) is 15.1. The summed E-state index contributed by atoms with van der Waals surface area (Å²) in [6.07, 6.45) is 1.90. The van der Waals surface area contributed by atoms with Crippen molar-refractivity contribution in [1.82, 2.24) is 5.32 Å². The zero-order valence-corrected chi connectivity index (χ0v) is 19.4. The summed E-state index contributed by atoms with van der Waals surface area (Å²) in [7, 11) is 0. The van der Waals surface area contributed by atoms with Crippen molar-refractivity contribution < 1.29 is 18.4 Å². The predicted molar refractivity (Wildman–Crippen MR) is 122 cm³/mol. The largest absolute Gasteiger partial charge is 0.362 e. The Balaban J connectivity index is 1.81. The van der Waals surface area contributed by atoms with E-state index in [0.29, 0.717) is 23.3 Å². The third-order valence-electron chi connectivity index (χ3n) is 5.87. The van der Waals surface area contributed by atoms with Crippen molar-refractivity contribution in [3.05, 3.63) is 74.3 Å². The van der Waals surface area contributed by atoms with Crippen molar-refractivity contribution >= 4 is 28.7 Å². The van der Waals surface area contributed by atoms with Gasteiger partial charge in [0.05, 0.1) is 5.92 Å². The summed E-state index contributed by atoms with van der Waals surface area (Å²) >= 11 is 1.56. The molecule has 2 aliphatic rings. The van der Waals surface area contributed by atoms with E-state index in [0.717, 1.165) is 40.4 Å². The van der Waals surface area contributed by atoms with Crippen LogP contribution in [0.5, 0.6) is 0 Å². The van der Waals surface area contributed by atoms with E-state index < -0.39 is 29.1 Å². The summed E-state index contributed by atoms with van der Waals surface area (Å²) in [5.74, 6) is -2.90. The maximum absolute atomic E-state index is 14.2. The minimum absolute atomic E-state index is 0.00401. The third-order valence-corrected chi connectivity index (χ3v) is 7.45. The number of carbonyl (C=O) groups is 2. The summed E-state index contributed by atoms with van der Waals surface area (Å²) in [6, 6.07) is 7.41. The molecular weight excluding hydrogens is 430 g/mol. The topological polar surface area (TPSA) is 58.2 Å². The van der Waals surface area contributed by atoms with Crippen LogP contribution in [0, 0.1) is 11.6 Å². The van der Waals surface area contributed by atoms with E-state index in [2.05, 4.69) is 31.4 Å². The van der Waals surface area contributed by atoms with Gasteiger partial charge >= 0.3 is 0 Å². The lowest BCUT2D eigenvalue weighted by molar-refractivity contribution is -0.116. The fraction of sp³-hybridized carbons (Fsp3) is 0.360. The predicted octanol–water partition coefficient (Wildman–Crippen LogP) is 5.93. The van der Waals surface area contributed by atoms with Crippen molar-refractivity contribution in [2.45, 2.75) is 58.3 Å². The normalized spacial score (nSPS) is 19.1. The highest BCUT2D eigenvalue weighted by molar-refractivity contribution is 7.12. The van der Waals surface area contributed by atoms with Crippen LogP contribution in [-0.4, -0.2) is 11.7 Å². The van der Waals surface area contributed by atoms with E-state index in [1.165, 1.54) is 6.07 Å². The van der Waals surface area contributed by atoms with Crippen molar-refractivity contribution in [3.8, 4) is 0 Å². The van der Waals surface area contributed by atoms with Gasteiger partial charge in [-0.3, -0.25) is 9.59 Å². The monoisotopic (exact) mass is 456 g/mol. The van der Waals surface area contributed by atoms with Crippen LogP contribution in [0.25, 0.3) is 0 Å². The van der Waals surface area contributed by atoms with Gasteiger partial charge in [0.15, 0.2) is 5.78 Å². The number of hydrogen-bond donors (Lipinski definition) is 2. The van der Waals surface area contributed by atoms with Crippen LogP contribution in [0.2, 0.25) is 0 Å². The number of dihydropyridines is 1. The Morgan fingerprint density at radius 3 is 2.44 bits per heavy atom. The summed E-state index contributed by atoms with van der Waals surface area (Å²) < 4.78 is 28.4. The molecule has 1 aromatic heterocycles. The molecule has 0 radical (unpaired) electrons. The quantitative estimate of drug-likeness (QED) is 0.602. The number of benzene rings is 1. The Labute approximate surface area is 190 Å². The fourth-order valence-corrected chi connectivity index (χ4v) is 5.46. The second-order valence-corrected chi connectivity index (χ2v) is 10.4. The number of halogens is 2. The van der Waals surface area contributed by atoms with Gasteiger partial charge in [-0.2, -0.15) is 0 Å². The van der Waals surface area contributed by atoms with Crippen LogP contribution in [-0.2, 0) is 15.0 Å². The molecule has 0 saturated carbocycles. The smallest absolute Gasteiger partial charge is 0.254 e. The lowest BCUT2D eigenvalue weighted by Crippen LogP contribution is -2.35. The van der Waals surface area contributed by atoms with Gasteiger partial charge in [0.25, 0.3) is 5.91 Å². The van der Waals surface area contributed by atoms with Crippen LogP contribution in [0.1, 0.15) is 62.6 Å². The van der Waals surface area contributed by atoms with E-state index in [9.17, 15) is 18.4 Å². The summed E-state index contributed by atoms with van der Waals surface area (Å²) in [4.78, 5) is 28.4. The van der Waals surface area contributed by atoms with Crippen molar-refractivity contribution in [2.75, 3.05) is 5.32 Å². The Kier molecular flexibility index (Phi) is 5.79. The summed E-state index contributed by atoms with van der Waals surface area (Å²) in [5.41, 5.74) is 1.74. The molecule has 0 spiro atoms. The van der Waals surface area contributed by atoms with Gasteiger partial charge in [-0.1, -0.05) is 26.8 Å². The molecule has 1 amide bonds. The lowest BCUT2D eigenvalue weighted by Gasteiger charge is -2.34. The number of allylic oxidation sites excluding steroid dienone is 3. The van der Waals surface area contributed by atoms with Crippen LogP contribution < -0.4 is 10.6 Å². The molecule has 2 aromatic rings. The highest BCUT2D eigenvalue weighted by Gasteiger charge is 2.39. The highest BCUT2D eigenvalue weighted by atomic mass is 32.1. The van der Waals surface area contributed by atoms with Crippen LogP contribution in [0.3, 0.4) is 0 Å². The minimum Gasteiger partial charge on any atom is -0.362 e. The number of para-hydroxylation sites is 1. The standard InChI is InChI=1S/C25H26F2N2O2S/c1-13-20(24(31)29-23-14(26)7-5-8-15(23)27)22(18-11-12-19(32-18)25(2,3)4)21-16(28-13)9-6-10-17(21)30/h5,7-8,11-12,22,28H,6,9-10H2,1-4H3,(H,29,31). The number of hydrogen-bond acceptors (Lipinski definition) is 4. The van der Waals surface area contributed by atoms with Crippen LogP contribution in [0.15, 0.2) is 52.9 Å². The molecule has 4 nitrogen and oxygen atoms in total. The number of amides is 1. The van der Waals surface area contributed by atoms with Gasteiger partial charge in [0.1, 0.15) is 17.3 Å². The molecule has 2 heterocycles. The average Bonchev–Trinajstić information content (AvgIpc) is 3.20. The first-order valence-corrected chi connectivity index (χ1v) is 11.5. The Morgan fingerprint density at radius 1 is 1.12 bits per heavy atom. The van der Waals surface area contributed by atoms with Crippen molar-refractivity contribution in [3.63, 3.8) is 0 Å². The van der Waals surface area contributed by atoms with Gasteiger partial charge in [-0.15, -0.1) is 11.3 Å². The second kappa shape index (κ2) is 8.28. The van der Waals surface area contributed by atoms with E-state index >= 15 is 0 Å². The molecule has 4 rings (SSSR count). The number of carbonyl (C=O) groups excluding carboxylic acids is 2. The number of nitrogens with one attached hydrogen (secondary N) is 2. The minimum atomic E-state index is -0.850. The van der Waals surface area contributed by atoms with Crippen LogP contribution >= 0.6 is 11.3 Å². The molecule has 1 aliphatic heterocycles. The summed E-state index contributed by atoms with van der Waals surface area (Å²) in [6.45, 7) is 8.09. The number of thiophene rings is 1. The first-order valence-electron chi connectivity index (χ1n) is 10.7. The molecule has 7 heteroatoms. The SMILES string of the molecule is CC1=C(C(=O)Nc2c(F)cccc2F)C(c2ccc(C(C)(C)C)s2)C2=C(CCCC2=O)N1. The Bertz CT molecular complexity index is 1150. The fourth-order valence-electron chi connectivity index (χ4n) is 4.28. The van der Waals surface area contributed by atoms with Gasteiger partial charge in [0, 0.05) is 38.7 Å². The highest BCUT2D eigenvalue weighted by Crippen LogP contribution is 2.45.